The van der Waals surface area contributed by atoms with Gasteiger partial charge in [0.25, 0.3) is 0 Å². The van der Waals surface area contributed by atoms with Crippen LogP contribution in [0.4, 0.5) is 5.69 Å². The van der Waals surface area contributed by atoms with Crippen molar-refractivity contribution in [3.05, 3.63) is 29.8 Å². The van der Waals surface area contributed by atoms with Gasteiger partial charge in [-0.2, -0.15) is 0 Å². The highest BCUT2D eigenvalue weighted by atomic mass is 16.2. The maximum absolute atomic E-state index is 12.6. The van der Waals surface area contributed by atoms with Gasteiger partial charge < -0.3 is 5.32 Å². The lowest BCUT2D eigenvalue weighted by Crippen LogP contribution is -2.53. The van der Waals surface area contributed by atoms with Gasteiger partial charge in [-0.15, -0.1) is 0 Å². The highest BCUT2D eigenvalue weighted by Gasteiger charge is 2.37. The second-order valence-corrected chi connectivity index (χ2v) is 4.28. The second-order valence-electron chi connectivity index (χ2n) is 4.28. The molecule has 0 aromatic heterocycles. The molecule has 2 rings (SSSR count). The minimum atomic E-state index is 0.255. The number of nitrogens with one attached hydrogen (secondary N) is 1. The third kappa shape index (κ3) is 1.61. The molecule has 0 fully saturated rings. The summed E-state index contributed by atoms with van der Waals surface area (Å²) >= 11 is 0. The topological polar surface area (TPSA) is 29.1 Å². The van der Waals surface area contributed by atoms with Gasteiger partial charge in [-0.1, -0.05) is 12.1 Å². The normalized spacial score (nSPS) is 18.5. The van der Waals surface area contributed by atoms with Gasteiger partial charge in [0.15, 0.2) is 0 Å². The number of carbonyl (C=O) groups is 1. The number of nitrogens with zero attached hydrogens (tertiary/aromatic N) is 1. The van der Waals surface area contributed by atoms with E-state index in [0.29, 0.717) is 4.48 Å². The SMILES string of the molecule is CC[N+]1(CC)CCNc2ccccc2C1=O. The van der Waals surface area contributed by atoms with Gasteiger partial charge in [0.2, 0.25) is 0 Å². The quantitative estimate of drug-likeness (QED) is 0.772. The number of carbonyl (C=O) groups excluding carboxylic acids is 1. The Kier molecular flexibility index (Phi) is 2.97. The van der Waals surface area contributed by atoms with Gasteiger partial charge in [-0.3, -0.25) is 4.48 Å². The summed E-state index contributed by atoms with van der Waals surface area (Å²) < 4.78 is 0.560. The Morgan fingerprint density at radius 1 is 1.25 bits per heavy atom. The van der Waals surface area contributed by atoms with Crippen LogP contribution >= 0.6 is 0 Å². The molecule has 0 atom stereocenters. The zero-order valence-electron chi connectivity index (χ0n) is 9.99. The van der Waals surface area contributed by atoms with Gasteiger partial charge in [-0.25, -0.2) is 4.79 Å². The molecule has 0 unspecified atom stereocenters. The van der Waals surface area contributed by atoms with Crippen LogP contribution in [0.3, 0.4) is 0 Å². The lowest BCUT2D eigenvalue weighted by Gasteiger charge is -2.32. The fraction of sp³-hybridized carbons (Fsp3) is 0.462. The molecular formula is C13H19N2O+. The summed E-state index contributed by atoms with van der Waals surface area (Å²) in [6.45, 7) is 7.66. The molecular weight excluding hydrogens is 200 g/mol. The molecule has 1 aromatic carbocycles. The van der Waals surface area contributed by atoms with E-state index in [1.165, 1.54) is 0 Å². The monoisotopic (exact) mass is 219 g/mol. The smallest absolute Gasteiger partial charge is 0.348 e. The Morgan fingerprint density at radius 2 is 1.94 bits per heavy atom. The van der Waals surface area contributed by atoms with E-state index >= 15 is 0 Å². The highest BCUT2D eigenvalue weighted by molar-refractivity contribution is 5.95. The van der Waals surface area contributed by atoms with Crippen LogP contribution in [0.1, 0.15) is 24.2 Å². The molecule has 0 bridgehead atoms. The average Bonchev–Trinajstić information content (AvgIpc) is 2.48. The third-order valence-electron chi connectivity index (χ3n) is 3.65. The minimum Gasteiger partial charge on any atom is -0.379 e. The Balaban J connectivity index is 2.48. The van der Waals surface area contributed by atoms with E-state index < -0.39 is 0 Å². The van der Waals surface area contributed by atoms with Crippen molar-refractivity contribution >= 4 is 11.6 Å². The summed E-state index contributed by atoms with van der Waals surface area (Å²) in [5, 5.41) is 3.34. The molecule has 0 aliphatic carbocycles. The molecule has 3 nitrogen and oxygen atoms in total. The van der Waals surface area contributed by atoms with Gasteiger partial charge in [0, 0.05) is 0 Å². The first-order valence-corrected chi connectivity index (χ1v) is 5.97. The van der Waals surface area contributed by atoms with Crippen molar-refractivity contribution in [2.45, 2.75) is 13.8 Å². The Labute approximate surface area is 96.7 Å². The summed E-state index contributed by atoms with van der Waals surface area (Å²) in [5.74, 6) is 0.255. The molecule has 3 heteroatoms. The van der Waals surface area contributed by atoms with Crippen molar-refractivity contribution in [3.8, 4) is 0 Å². The van der Waals surface area contributed by atoms with Crippen LogP contribution in [0.5, 0.6) is 0 Å². The van der Waals surface area contributed by atoms with Crippen LogP contribution < -0.4 is 5.32 Å². The number of hydrogen-bond acceptors (Lipinski definition) is 2. The fourth-order valence-electron chi connectivity index (χ4n) is 2.41. The van der Waals surface area contributed by atoms with Crippen molar-refractivity contribution in [1.82, 2.24) is 0 Å². The largest absolute Gasteiger partial charge is 0.379 e. The van der Waals surface area contributed by atoms with E-state index in [9.17, 15) is 4.79 Å². The minimum absolute atomic E-state index is 0.255. The number of hydrogen-bond donors (Lipinski definition) is 1. The number of amides is 1. The number of quaternary nitrogens is 1. The Bertz CT molecular complexity index is 397. The number of benzene rings is 1. The molecule has 1 N–H and O–H groups in total. The zero-order valence-corrected chi connectivity index (χ0v) is 9.99. The first kappa shape index (κ1) is 11.1. The van der Waals surface area contributed by atoms with Crippen LogP contribution in [0.15, 0.2) is 24.3 Å². The summed E-state index contributed by atoms with van der Waals surface area (Å²) in [6, 6.07) is 7.81. The molecule has 1 amide bonds. The number of para-hydroxylation sites is 1. The average molecular weight is 219 g/mol. The standard InChI is InChI=1S/C13H18N2O/c1-3-15(4-2)10-9-14-12-8-6-5-7-11(12)13(15)16/h5-8H,3-4,9-10H2,1-2H3/p+1. The molecule has 1 aliphatic heterocycles. The lowest BCUT2D eigenvalue weighted by atomic mass is 10.1. The molecule has 86 valence electrons. The summed E-state index contributed by atoms with van der Waals surface area (Å²) in [4.78, 5) is 12.6. The van der Waals surface area contributed by atoms with Gasteiger partial charge in [0.1, 0.15) is 12.1 Å². The number of anilines is 1. The number of fused-ring (bicyclic) bond motifs is 1. The van der Waals surface area contributed by atoms with Gasteiger partial charge in [-0.05, 0) is 26.0 Å². The van der Waals surface area contributed by atoms with Crippen LogP contribution in [0, 0.1) is 0 Å². The van der Waals surface area contributed by atoms with E-state index in [1.54, 1.807) is 0 Å². The van der Waals surface area contributed by atoms with E-state index in [4.69, 9.17) is 0 Å². The number of rotatable bonds is 2. The van der Waals surface area contributed by atoms with Gasteiger partial charge >= 0.3 is 5.91 Å². The van der Waals surface area contributed by atoms with E-state index in [0.717, 1.165) is 37.4 Å². The predicted molar refractivity (Wildman–Crippen MR) is 65.5 cm³/mol. The van der Waals surface area contributed by atoms with Crippen molar-refractivity contribution in [2.24, 2.45) is 0 Å². The summed E-state index contributed by atoms with van der Waals surface area (Å²) in [6.07, 6.45) is 0. The van der Waals surface area contributed by atoms with Crippen molar-refractivity contribution in [1.29, 1.82) is 0 Å². The molecule has 0 saturated carbocycles. The highest BCUT2D eigenvalue weighted by Crippen LogP contribution is 2.24. The van der Waals surface area contributed by atoms with E-state index in [-0.39, 0.29) is 5.91 Å². The number of likely N-dealkylation sites (N-methyl/N-ethyl adjacent to an activating group) is 1. The maximum atomic E-state index is 12.6. The Hall–Kier alpha value is -1.35. The van der Waals surface area contributed by atoms with Crippen molar-refractivity contribution < 1.29 is 9.28 Å². The first-order chi connectivity index (χ1) is 7.73. The van der Waals surface area contributed by atoms with Crippen LogP contribution in [0.25, 0.3) is 0 Å². The first-order valence-electron chi connectivity index (χ1n) is 5.97. The summed E-state index contributed by atoms with van der Waals surface area (Å²) in [7, 11) is 0. The molecule has 0 spiro atoms. The third-order valence-corrected chi connectivity index (χ3v) is 3.65. The van der Waals surface area contributed by atoms with Crippen molar-refractivity contribution in [3.63, 3.8) is 0 Å². The lowest BCUT2D eigenvalue weighted by molar-refractivity contribution is -0.843. The molecule has 1 heterocycles. The van der Waals surface area contributed by atoms with Crippen LogP contribution in [-0.2, 0) is 0 Å². The van der Waals surface area contributed by atoms with Crippen molar-refractivity contribution in [2.75, 3.05) is 31.5 Å². The maximum Gasteiger partial charge on any atom is 0.348 e. The predicted octanol–water partition coefficient (Wildman–Crippen LogP) is 2.11. The molecule has 0 radical (unpaired) electrons. The van der Waals surface area contributed by atoms with E-state index in [1.807, 2.05) is 24.3 Å². The molecule has 1 aliphatic rings. The Morgan fingerprint density at radius 3 is 2.62 bits per heavy atom. The second kappa shape index (κ2) is 4.26. The molecule has 0 saturated heterocycles. The molecule has 16 heavy (non-hydrogen) atoms. The summed E-state index contributed by atoms with van der Waals surface area (Å²) in [5.41, 5.74) is 1.82. The van der Waals surface area contributed by atoms with Crippen LogP contribution in [0.2, 0.25) is 0 Å². The molecule has 1 aromatic rings. The fourth-order valence-corrected chi connectivity index (χ4v) is 2.41. The zero-order chi connectivity index (χ0) is 11.6. The van der Waals surface area contributed by atoms with Gasteiger partial charge in [0.05, 0.1) is 25.3 Å². The van der Waals surface area contributed by atoms with E-state index in [2.05, 4.69) is 19.2 Å². The van der Waals surface area contributed by atoms with Crippen LogP contribution in [-0.4, -0.2) is 36.6 Å².